The highest BCUT2D eigenvalue weighted by molar-refractivity contribution is 5.80. The Balaban J connectivity index is 1.47. The lowest BCUT2D eigenvalue weighted by Crippen LogP contribution is -2.40. The SMILES string of the molecule is CCOC(=O)C1CCN(C(=O)CCc2c(C)nc3c(-c4ccccc4)c(C)nn3c2C)CC1. The lowest BCUT2D eigenvalue weighted by molar-refractivity contribution is -0.151. The molecule has 0 bridgehead atoms. The van der Waals surface area contributed by atoms with E-state index in [2.05, 4.69) is 12.1 Å². The molecule has 0 saturated carbocycles. The van der Waals surface area contributed by atoms with E-state index in [9.17, 15) is 9.59 Å². The van der Waals surface area contributed by atoms with Gasteiger partial charge in [-0.15, -0.1) is 0 Å². The van der Waals surface area contributed by atoms with Gasteiger partial charge in [-0.3, -0.25) is 9.59 Å². The number of aromatic nitrogens is 3. The monoisotopic (exact) mass is 448 g/mol. The van der Waals surface area contributed by atoms with Gasteiger partial charge >= 0.3 is 5.97 Å². The van der Waals surface area contributed by atoms with Crippen molar-refractivity contribution >= 4 is 17.5 Å². The molecule has 0 aliphatic carbocycles. The number of rotatable bonds is 6. The smallest absolute Gasteiger partial charge is 0.309 e. The van der Waals surface area contributed by atoms with Crippen LogP contribution in [0.1, 0.15) is 48.8 Å². The van der Waals surface area contributed by atoms with E-state index < -0.39 is 0 Å². The lowest BCUT2D eigenvalue weighted by Gasteiger charge is -2.31. The van der Waals surface area contributed by atoms with E-state index in [1.54, 1.807) is 0 Å². The van der Waals surface area contributed by atoms with Crippen molar-refractivity contribution in [2.75, 3.05) is 19.7 Å². The van der Waals surface area contributed by atoms with Gasteiger partial charge in [-0.2, -0.15) is 5.10 Å². The van der Waals surface area contributed by atoms with Gasteiger partial charge in [0.2, 0.25) is 5.91 Å². The molecule has 0 spiro atoms. The fourth-order valence-corrected chi connectivity index (χ4v) is 4.79. The number of aryl methyl sites for hydroxylation is 3. The average Bonchev–Trinajstić information content (AvgIpc) is 3.15. The van der Waals surface area contributed by atoms with Gasteiger partial charge in [0.1, 0.15) is 0 Å². The summed E-state index contributed by atoms with van der Waals surface area (Å²) in [5.41, 5.74) is 6.97. The second kappa shape index (κ2) is 9.73. The van der Waals surface area contributed by atoms with E-state index in [-0.39, 0.29) is 17.8 Å². The predicted molar refractivity (Wildman–Crippen MR) is 127 cm³/mol. The van der Waals surface area contributed by atoms with Crippen molar-refractivity contribution in [1.82, 2.24) is 19.5 Å². The number of likely N-dealkylation sites (tertiary alicyclic amines) is 1. The number of benzene rings is 1. The van der Waals surface area contributed by atoms with Crippen molar-refractivity contribution in [3.63, 3.8) is 0 Å². The van der Waals surface area contributed by atoms with E-state index >= 15 is 0 Å². The van der Waals surface area contributed by atoms with Crippen LogP contribution >= 0.6 is 0 Å². The number of carbonyl (C=O) groups excluding carboxylic acids is 2. The van der Waals surface area contributed by atoms with Crippen LogP contribution in [-0.4, -0.2) is 51.1 Å². The van der Waals surface area contributed by atoms with Crippen molar-refractivity contribution in [1.29, 1.82) is 0 Å². The second-order valence-electron chi connectivity index (χ2n) is 8.73. The summed E-state index contributed by atoms with van der Waals surface area (Å²) in [4.78, 5) is 31.6. The minimum atomic E-state index is -0.139. The van der Waals surface area contributed by atoms with Crippen LogP contribution < -0.4 is 0 Å². The van der Waals surface area contributed by atoms with Crippen molar-refractivity contribution in [3.05, 3.63) is 53.0 Å². The zero-order valence-electron chi connectivity index (χ0n) is 19.9. The van der Waals surface area contributed by atoms with Gasteiger partial charge < -0.3 is 9.64 Å². The van der Waals surface area contributed by atoms with Crippen LogP contribution in [-0.2, 0) is 20.7 Å². The summed E-state index contributed by atoms with van der Waals surface area (Å²) in [6.45, 7) is 9.50. The molecular formula is C26H32N4O3. The highest BCUT2D eigenvalue weighted by Crippen LogP contribution is 2.29. The van der Waals surface area contributed by atoms with Crippen molar-refractivity contribution in [3.8, 4) is 11.1 Å². The maximum absolute atomic E-state index is 12.9. The largest absolute Gasteiger partial charge is 0.466 e. The van der Waals surface area contributed by atoms with Crippen LogP contribution in [0.3, 0.4) is 0 Å². The number of hydrogen-bond acceptors (Lipinski definition) is 5. The molecule has 0 radical (unpaired) electrons. The first-order chi connectivity index (χ1) is 15.9. The maximum atomic E-state index is 12.9. The second-order valence-corrected chi connectivity index (χ2v) is 8.73. The Morgan fingerprint density at radius 1 is 1.06 bits per heavy atom. The molecule has 1 aromatic carbocycles. The molecule has 1 saturated heterocycles. The zero-order valence-corrected chi connectivity index (χ0v) is 19.9. The Hall–Kier alpha value is -3.22. The first-order valence-corrected chi connectivity index (χ1v) is 11.8. The van der Waals surface area contributed by atoms with Crippen molar-refractivity contribution in [2.24, 2.45) is 5.92 Å². The van der Waals surface area contributed by atoms with E-state index in [0.29, 0.717) is 45.4 Å². The number of hydrogen-bond donors (Lipinski definition) is 0. The third-order valence-corrected chi connectivity index (χ3v) is 6.62. The summed E-state index contributed by atoms with van der Waals surface area (Å²) in [5.74, 6) is -0.107. The fraction of sp³-hybridized carbons (Fsp3) is 0.462. The highest BCUT2D eigenvalue weighted by Gasteiger charge is 2.28. The van der Waals surface area contributed by atoms with Crippen LogP contribution in [0.4, 0.5) is 0 Å². The number of amides is 1. The van der Waals surface area contributed by atoms with Gasteiger partial charge in [-0.1, -0.05) is 30.3 Å². The Bertz CT molecular complexity index is 1160. The first kappa shape index (κ1) is 23.0. The van der Waals surface area contributed by atoms with Crippen LogP contribution in [0.2, 0.25) is 0 Å². The predicted octanol–water partition coefficient (Wildman–Crippen LogP) is 4.06. The minimum absolute atomic E-state index is 0.0908. The number of carbonyl (C=O) groups is 2. The quantitative estimate of drug-likeness (QED) is 0.532. The first-order valence-electron chi connectivity index (χ1n) is 11.8. The lowest BCUT2D eigenvalue weighted by atomic mass is 9.96. The molecule has 7 nitrogen and oxygen atoms in total. The molecule has 7 heteroatoms. The number of nitrogens with zero attached hydrogens (tertiary/aromatic N) is 4. The Kier molecular flexibility index (Phi) is 6.77. The molecular weight excluding hydrogens is 416 g/mol. The topological polar surface area (TPSA) is 76.8 Å². The third kappa shape index (κ3) is 4.63. The van der Waals surface area contributed by atoms with Gasteiger partial charge in [0, 0.05) is 36.5 Å². The zero-order chi connectivity index (χ0) is 23.5. The Morgan fingerprint density at radius 3 is 2.42 bits per heavy atom. The summed E-state index contributed by atoms with van der Waals surface area (Å²) in [7, 11) is 0. The van der Waals surface area contributed by atoms with E-state index in [0.717, 1.165) is 39.4 Å². The summed E-state index contributed by atoms with van der Waals surface area (Å²) in [6.07, 6.45) is 2.39. The average molecular weight is 449 g/mol. The molecule has 1 aliphatic rings. The molecule has 174 valence electrons. The fourth-order valence-electron chi connectivity index (χ4n) is 4.79. The van der Waals surface area contributed by atoms with Crippen LogP contribution in [0, 0.1) is 26.7 Å². The summed E-state index contributed by atoms with van der Waals surface area (Å²) in [6, 6.07) is 10.2. The molecule has 1 amide bonds. The number of esters is 1. The molecule has 0 N–H and O–H groups in total. The van der Waals surface area contributed by atoms with Gasteiger partial charge in [-0.05, 0) is 58.1 Å². The molecule has 1 aliphatic heterocycles. The number of piperidine rings is 1. The van der Waals surface area contributed by atoms with Crippen LogP contribution in [0.5, 0.6) is 0 Å². The van der Waals surface area contributed by atoms with Crippen LogP contribution in [0.25, 0.3) is 16.8 Å². The maximum Gasteiger partial charge on any atom is 0.309 e. The Labute approximate surface area is 194 Å². The normalized spacial score (nSPS) is 14.6. The van der Waals surface area contributed by atoms with Gasteiger partial charge in [0.05, 0.1) is 18.2 Å². The highest BCUT2D eigenvalue weighted by atomic mass is 16.5. The molecule has 3 aromatic rings. The summed E-state index contributed by atoms with van der Waals surface area (Å²) >= 11 is 0. The van der Waals surface area contributed by atoms with E-state index in [1.807, 2.05) is 55.3 Å². The number of fused-ring (bicyclic) bond motifs is 1. The van der Waals surface area contributed by atoms with E-state index in [4.69, 9.17) is 14.8 Å². The summed E-state index contributed by atoms with van der Waals surface area (Å²) in [5, 5.41) is 4.76. The molecule has 2 aromatic heterocycles. The van der Waals surface area contributed by atoms with Gasteiger partial charge in [0.25, 0.3) is 0 Å². The van der Waals surface area contributed by atoms with E-state index in [1.165, 1.54) is 0 Å². The third-order valence-electron chi connectivity index (χ3n) is 6.62. The molecule has 0 unspecified atom stereocenters. The number of ether oxygens (including phenoxy) is 1. The molecule has 0 atom stereocenters. The molecule has 3 heterocycles. The summed E-state index contributed by atoms with van der Waals surface area (Å²) < 4.78 is 7.04. The minimum Gasteiger partial charge on any atom is -0.466 e. The van der Waals surface area contributed by atoms with Crippen LogP contribution in [0.15, 0.2) is 30.3 Å². The van der Waals surface area contributed by atoms with Crippen molar-refractivity contribution in [2.45, 2.75) is 53.4 Å². The van der Waals surface area contributed by atoms with Gasteiger partial charge in [-0.25, -0.2) is 9.50 Å². The van der Waals surface area contributed by atoms with Gasteiger partial charge in [0.15, 0.2) is 5.65 Å². The standard InChI is InChI=1S/C26H32N4O3/c1-5-33-26(32)21-13-15-29(16-14-21)23(31)12-11-22-17(2)27-25-24(20-9-7-6-8-10-20)18(3)28-30(25)19(22)4/h6-10,21H,5,11-16H2,1-4H3. The molecule has 33 heavy (non-hydrogen) atoms. The molecule has 4 rings (SSSR count). The Morgan fingerprint density at radius 2 is 1.76 bits per heavy atom. The van der Waals surface area contributed by atoms with Crippen molar-refractivity contribution < 1.29 is 14.3 Å². The molecule has 1 fully saturated rings.